The van der Waals surface area contributed by atoms with Gasteiger partial charge in [-0.25, -0.2) is 4.79 Å². The first-order chi connectivity index (χ1) is 11.6. The van der Waals surface area contributed by atoms with Crippen molar-refractivity contribution in [3.05, 3.63) is 34.9 Å². The molecule has 2 heterocycles. The number of hydrogen-bond donors (Lipinski definition) is 1. The Kier molecular flexibility index (Phi) is 5.01. The lowest BCUT2D eigenvalue weighted by Crippen LogP contribution is -2.44. The predicted octanol–water partition coefficient (Wildman–Crippen LogP) is 1.01. The number of amides is 4. The van der Waals surface area contributed by atoms with E-state index in [-0.39, 0.29) is 18.9 Å². The molecule has 4 amide bonds. The first-order valence-electron chi connectivity index (χ1n) is 7.77. The first-order valence-corrected chi connectivity index (χ1v) is 8.15. The summed E-state index contributed by atoms with van der Waals surface area (Å²) in [7, 11) is 0. The number of carbonyl (C=O) groups is 3. The summed E-state index contributed by atoms with van der Waals surface area (Å²) in [5.74, 6) is -0.557. The van der Waals surface area contributed by atoms with Crippen molar-refractivity contribution in [2.24, 2.45) is 0 Å². The summed E-state index contributed by atoms with van der Waals surface area (Å²) < 4.78 is 5.20. The highest BCUT2D eigenvalue weighted by Gasteiger charge is 2.39. The molecular formula is C16H18ClN3O4. The molecule has 1 aromatic rings. The summed E-state index contributed by atoms with van der Waals surface area (Å²) in [6.07, 6.45) is -0.0381. The third-order valence-corrected chi connectivity index (χ3v) is 4.50. The summed E-state index contributed by atoms with van der Waals surface area (Å²) in [6, 6.07) is 5.71. The van der Waals surface area contributed by atoms with Gasteiger partial charge in [0.1, 0.15) is 6.04 Å². The van der Waals surface area contributed by atoms with Crippen molar-refractivity contribution in [2.45, 2.75) is 19.0 Å². The molecule has 24 heavy (non-hydrogen) atoms. The van der Waals surface area contributed by atoms with Crippen molar-refractivity contribution >= 4 is 29.4 Å². The van der Waals surface area contributed by atoms with Crippen LogP contribution < -0.4 is 5.32 Å². The van der Waals surface area contributed by atoms with Gasteiger partial charge in [-0.05, 0) is 11.6 Å². The number of hydrogen-bond acceptors (Lipinski definition) is 4. The SMILES string of the molecule is O=C(CC1NC(=O)N(Cc2ccccc2Cl)C1=O)N1CCOCC1. The average Bonchev–Trinajstić information content (AvgIpc) is 2.85. The Labute approximate surface area is 144 Å². The molecule has 128 valence electrons. The number of ether oxygens (including phenoxy) is 1. The number of nitrogens with one attached hydrogen (secondary N) is 1. The van der Waals surface area contributed by atoms with Gasteiger partial charge in [0.15, 0.2) is 0 Å². The molecule has 0 aliphatic carbocycles. The number of carbonyl (C=O) groups excluding carboxylic acids is 3. The lowest BCUT2D eigenvalue weighted by atomic mass is 10.1. The number of nitrogens with zero attached hydrogens (tertiary/aromatic N) is 2. The van der Waals surface area contributed by atoms with E-state index in [1.807, 2.05) is 0 Å². The highest BCUT2D eigenvalue weighted by Crippen LogP contribution is 2.20. The second kappa shape index (κ2) is 7.19. The summed E-state index contributed by atoms with van der Waals surface area (Å²) >= 11 is 6.08. The standard InChI is InChI=1S/C16H18ClN3O4/c17-12-4-2-1-3-11(12)10-20-15(22)13(18-16(20)23)9-14(21)19-5-7-24-8-6-19/h1-4,13H,5-10H2,(H,18,23). The van der Waals surface area contributed by atoms with E-state index >= 15 is 0 Å². The Hall–Kier alpha value is -2.12. The average molecular weight is 352 g/mol. The zero-order valence-corrected chi connectivity index (χ0v) is 13.8. The van der Waals surface area contributed by atoms with E-state index < -0.39 is 18.0 Å². The third kappa shape index (κ3) is 3.52. The summed E-state index contributed by atoms with van der Waals surface area (Å²) in [6.45, 7) is 2.10. The molecule has 2 aliphatic heterocycles. The van der Waals surface area contributed by atoms with E-state index in [9.17, 15) is 14.4 Å². The zero-order valence-electron chi connectivity index (χ0n) is 13.0. The molecule has 0 spiro atoms. The Morgan fingerprint density at radius 1 is 1.25 bits per heavy atom. The molecule has 2 aliphatic rings. The summed E-state index contributed by atoms with van der Waals surface area (Å²) in [5, 5.41) is 3.07. The van der Waals surface area contributed by atoms with Crippen LogP contribution in [0.1, 0.15) is 12.0 Å². The van der Waals surface area contributed by atoms with Crippen molar-refractivity contribution in [3.8, 4) is 0 Å². The van der Waals surface area contributed by atoms with Crippen LogP contribution in [0.5, 0.6) is 0 Å². The van der Waals surface area contributed by atoms with Crippen LogP contribution in [0.4, 0.5) is 4.79 Å². The Morgan fingerprint density at radius 3 is 2.67 bits per heavy atom. The molecule has 1 N–H and O–H groups in total. The van der Waals surface area contributed by atoms with Crippen LogP contribution in [0.2, 0.25) is 5.02 Å². The van der Waals surface area contributed by atoms with Gasteiger partial charge in [0.25, 0.3) is 5.91 Å². The molecule has 8 heteroatoms. The van der Waals surface area contributed by atoms with Gasteiger partial charge in [-0.3, -0.25) is 14.5 Å². The van der Waals surface area contributed by atoms with Gasteiger partial charge in [-0.15, -0.1) is 0 Å². The van der Waals surface area contributed by atoms with E-state index in [4.69, 9.17) is 16.3 Å². The topological polar surface area (TPSA) is 79.0 Å². The second-order valence-electron chi connectivity index (χ2n) is 5.72. The van der Waals surface area contributed by atoms with Crippen molar-refractivity contribution in [1.29, 1.82) is 0 Å². The normalized spacial score (nSPS) is 21.1. The number of halogens is 1. The van der Waals surface area contributed by atoms with E-state index in [2.05, 4.69) is 5.32 Å². The van der Waals surface area contributed by atoms with Crippen molar-refractivity contribution < 1.29 is 19.1 Å². The van der Waals surface area contributed by atoms with Gasteiger partial charge < -0.3 is 15.0 Å². The molecule has 0 radical (unpaired) electrons. The van der Waals surface area contributed by atoms with Gasteiger partial charge in [-0.2, -0.15) is 0 Å². The van der Waals surface area contributed by atoms with Gasteiger partial charge in [0.2, 0.25) is 5.91 Å². The fourth-order valence-electron chi connectivity index (χ4n) is 2.78. The van der Waals surface area contributed by atoms with Crippen LogP contribution in [0, 0.1) is 0 Å². The number of rotatable bonds is 4. The molecule has 2 fully saturated rings. The molecule has 2 saturated heterocycles. The van der Waals surface area contributed by atoms with Crippen LogP contribution in [-0.4, -0.2) is 60.0 Å². The Morgan fingerprint density at radius 2 is 1.96 bits per heavy atom. The molecule has 1 aromatic carbocycles. The maximum atomic E-state index is 12.5. The maximum absolute atomic E-state index is 12.5. The van der Waals surface area contributed by atoms with Gasteiger partial charge in [0.05, 0.1) is 26.2 Å². The van der Waals surface area contributed by atoms with Gasteiger partial charge in [-0.1, -0.05) is 29.8 Å². The predicted molar refractivity (Wildman–Crippen MR) is 86.3 cm³/mol. The third-order valence-electron chi connectivity index (χ3n) is 4.14. The highest BCUT2D eigenvalue weighted by atomic mass is 35.5. The van der Waals surface area contributed by atoms with Crippen LogP contribution in [0.25, 0.3) is 0 Å². The minimum Gasteiger partial charge on any atom is -0.378 e. The lowest BCUT2D eigenvalue weighted by molar-refractivity contribution is -0.138. The number of benzene rings is 1. The Balaban J connectivity index is 1.63. The molecule has 1 atom stereocenters. The number of imide groups is 1. The monoisotopic (exact) mass is 351 g/mol. The minimum absolute atomic E-state index is 0.0381. The van der Waals surface area contributed by atoms with E-state index in [0.717, 1.165) is 4.90 Å². The van der Waals surface area contributed by atoms with E-state index in [0.29, 0.717) is 36.9 Å². The van der Waals surface area contributed by atoms with Gasteiger partial charge >= 0.3 is 6.03 Å². The van der Waals surface area contributed by atoms with Crippen LogP contribution >= 0.6 is 11.6 Å². The van der Waals surface area contributed by atoms with Crippen LogP contribution in [0.15, 0.2) is 24.3 Å². The zero-order chi connectivity index (χ0) is 17.1. The molecule has 7 nitrogen and oxygen atoms in total. The molecule has 0 aromatic heterocycles. The minimum atomic E-state index is -0.824. The largest absolute Gasteiger partial charge is 0.378 e. The molecule has 0 saturated carbocycles. The maximum Gasteiger partial charge on any atom is 0.325 e. The lowest BCUT2D eigenvalue weighted by Gasteiger charge is -2.27. The molecular weight excluding hydrogens is 334 g/mol. The smallest absolute Gasteiger partial charge is 0.325 e. The Bertz CT molecular complexity index is 660. The van der Waals surface area contributed by atoms with Crippen molar-refractivity contribution in [1.82, 2.24) is 15.1 Å². The number of urea groups is 1. The number of morpholine rings is 1. The van der Waals surface area contributed by atoms with Crippen LogP contribution in [0.3, 0.4) is 0 Å². The highest BCUT2D eigenvalue weighted by molar-refractivity contribution is 6.31. The summed E-state index contributed by atoms with van der Waals surface area (Å²) in [4.78, 5) is 39.5. The van der Waals surface area contributed by atoms with E-state index in [1.165, 1.54) is 0 Å². The fourth-order valence-corrected chi connectivity index (χ4v) is 2.97. The van der Waals surface area contributed by atoms with Crippen molar-refractivity contribution in [3.63, 3.8) is 0 Å². The molecule has 1 unspecified atom stereocenters. The van der Waals surface area contributed by atoms with Crippen LogP contribution in [-0.2, 0) is 20.9 Å². The first kappa shape index (κ1) is 16.7. The van der Waals surface area contributed by atoms with Gasteiger partial charge in [0, 0.05) is 18.1 Å². The van der Waals surface area contributed by atoms with E-state index in [1.54, 1.807) is 29.2 Å². The summed E-state index contributed by atoms with van der Waals surface area (Å²) in [5.41, 5.74) is 0.683. The molecule has 0 bridgehead atoms. The quantitative estimate of drug-likeness (QED) is 0.821. The second-order valence-corrected chi connectivity index (χ2v) is 6.12. The fraction of sp³-hybridized carbons (Fsp3) is 0.438. The van der Waals surface area contributed by atoms with Crippen molar-refractivity contribution in [2.75, 3.05) is 26.3 Å². The molecule has 3 rings (SSSR count).